The van der Waals surface area contributed by atoms with Gasteiger partial charge in [-0.3, -0.25) is 0 Å². The zero-order valence-electron chi connectivity index (χ0n) is 10.6. The first-order valence-electron chi connectivity index (χ1n) is 5.45. The number of aliphatic imine (C=N–C) groups is 2. The van der Waals surface area contributed by atoms with E-state index in [1.165, 1.54) is 36.4 Å². The maximum atomic E-state index is 9.82. The molecule has 0 unspecified atom stereocenters. The fourth-order valence-electron chi connectivity index (χ4n) is 1.25. The lowest BCUT2D eigenvalue weighted by Gasteiger charge is -1.93. The molecule has 0 aromatic heterocycles. The van der Waals surface area contributed by atoms with Crippen molar-refractivity contribution in [3.05, 3.63) is 56.5 Å². The van der Waals surface area contributed by atoms with Crippen molar-refractivity contribution in [3.63, 3.8) is 0 Å². The third kappa shape index (κ3) is 6.88. The summed E-state index contributed by atoms with van der Waals surface area (Å²) >= 11 is 22.4. The van der Waals surface area contributed by atoms with Crippen LogP contribution >= 0.6 is 46.4 Å². The molecule has 2 aromatic carbocycles. The molecule has 4 nitrogen and oxygen atoms in total. The molecule has 0 saturated heterocycles. The summed E-state index contributed by atoms with van der Waals surface area (Å²) in [6, 6.07) is 10.2. The van der Waals surface area contributed by atoms with Crippen LogP contribution in [-0.4, -0.2) is 12.2 Å². The largest absolute Gasteiger partial charge is 0.240 e. The summed E-state index contributed by atoms with van der Waals surface area (Å²) in [7, 11) is 0. The van der Waals surface area contributed by atoms with Crippen molar-refractivity contribution >= 4 is 69.9 Å². The molecule has 0 aliphatic heterocycles. The van der Waals surface area contributed by atoms with Gasteiger partial charge in [0.25, 0.3) is 0 Å². The van der Waals surface area contributed by atoms with E-state index in [1.54, 1.807) is 6.07 Å². The Kier molecular flexibility index (Phi) is 7.86. The van der Waals surface area contributed by atoms with Gasteiger partial charge in [0.1, 0.15) is 0 Å². The first kappa shape index (κ1) is 18.4. The van der Waals surface area contributed by atoms with Gasteiger partial charge in [-0.25, -0.2) is 9.59 Å². The van der Waals surface area contributed by atoms with Gasteiger partial charge in [0.15, 0.2) is 0 Å². The molecule has 1 radical (unpaired) electrons. The van der Waals surface area contributed by atoms with Crippen LogP contribution in [0.3, 0.4) is 0 Å². The Balaban J connectivity index is 0.000000220. The number of carbonyl (C=O) groups excluding carboxylic acids is 2. The molecule has 22 heavy (non-hydrogen) atoms. The van der Waals surface area contributed by atoms with Crippen LogP contribution in [0.1, 0.15) is 0 Å². The molecule has 2 rings (SSSR count). The molecule has 0 N–H and O–H groups in total. The number of benzene rings is 2. The maximum Gasteiger partial charge on any atom is 0.240 e. The lowest BCUT2D eigenvalue weighted by molar-refractivity contribution is 0.564. The van der Waals surface area contributed by atoms with Crippen LogP contribution < -0.4 is 0 Å². The lowest BCUT2D eigenvalue weighted by Crippen LogP contribution is -1.68. The molecule has 2 aromatic rings. The van der Waals surface area contributed by atoms with Crippen LogP contribution in [0.25, 0.3) is 0 Å². The normalized spacial score (nSPS) is 8.91. The summed E-state index contributed by atoms with van der Waals surface area (Å²) in [5.74, 6) is 0. The van der Waals surface area contributed by atoms with Crippen molar-refractivity contribution in [2.75, 3.05) is 0 Å². The zero-order valence-corrected chi connectivity index (χ0v) is 13.6. The second-order valence-electron chi connectivity index (χ2n) is 3.57. The Morgan fingerprint density at radius 3 is 1.82 bits per heavy atom. The van der Waals surface area contributed by atoms with Crippen molar-refractivity contribution in [3.8, 4) is 0 Å². The Bertz CT molecular complexity index is 661. The third-order valence-electron chi connectivity index (χ3n) is 1.97. The summed E-state index contributed by atoms with van der Waals surface area (Å²) in [6.45, 7) is 0. The molecule has 0 aliphatic carbocycles. The average molecular weight is 375 g/mol. The molecule has 0 spiro atoms. The van der Waals surface area contributed by atoms with Gasteiger partial charge >= 0.3 is 0 Å². The SMILES string of the molecule is O=C=Nc1[c]c(Cl)cc(Cl)c1.O=C=Nc1cc(Cl)cc(Cl)c1. The van der Waals surface area contributed by atoms with Gasteiger partial charge in [0.2, 0.25) is 12.2 Å². The maximum absolute atomic E-state index is 9.82. The number of isocyanates is 2. The Morgan fingerprint density at radius 2 is 1.32 bits per heavy atom. The third-order valence-corrected chi connectivity index (χ3v) is 2.83. The van der Waals surface area contributed by atoms with Gasteiger partial charge in [0.05, 0.1) is 16.4 Å². The minimum Gasteiger partial charge on any atom is -0.211 e. The van der Waals surface area contributed by atoms with Gasteiger partial charge in [-0.1, -0.05) is 46.4 Å². The number of nitrogens with zero attached hydrogens (tertiary/aromatic N) is 2. The van der Waals surface area contributed by atoms with E-state index in [4.69, 9.17) is 46.4 Å². The highest BCUT2D eigenvalue weighted by molar-refractivity contribution is 6.35. The quantitative estimate of drug-likeness (QED) is 0.498. The molecule has 0 atom stereocenters. The second-order valence-corrected chi connectivity index (χ2v) is 5.28. The molecule has 111 valence electrons. The van der Waals surface area contributed by atoms with Gasteiger partial charge in [-0.15, -0.1) is 0 Å². The highest BCUT2D eigenvalue weighted by Crippen LogP contribution is 2.24. The summed E-state index contributed by atoms with van der Waals surface area (Å²) in [4.78, 5) is 26.3. The van der Waals surface area contributed by atoms with Crippen molar-refractivity contribution in [2.45, 2.75) is 0 Å². The van der Waals surface area contributed by atoms with E-state index in [9.17, 15) is 9.59 Å². The van der Waals surface area contributed by atoms with Gasteiger partial charge < -0.3 is 0 Å². The van der Waals surface area contributed by atoms with E-state index in [0.717, 1.165) is 0 Å². The minimum atomic E-state index is 0.289. The summed E-state index contributed by atoms with van der Waals surface area (Å²) in [5, 5.41) is 1.65. The summed E-state index contributed by atoms with van der Waals surface area (Å²) in [6.07, 6.45) is 2.76. The van der Waals surface area contributed by atoms with Gasteiger partial charge in [-0.05, 0) is 30.3 Å². The number of hydrogen-bond acceptors (Lipinski definition) is 4. The monoisotopic (exact) mass is 373 g/mol. The van der Waals surface area contributed by atoms with E-state index in [2.05, 4.69) is 16.1 Å². The number of rotatable bonds is 2. The highest BCUT2D eigenvalue weighted by Gasteiger charge is 1.96. The Hall–Kier alpha value is -1.64. The van der Waals surface area contributed by atoms with Crippen LogP contribution in [-0.2, 0) is 9.59 Å². The van der Waals surface area contributed by atoms with Crippen LogP contribution in [0.15, 0.2) is 40.3 Å². The standard InChI is InChI=1S/C7H3Cl2NO.C7H2Cl2NO/c2*8-5-1-6(9)3-7(2-5)10-4-11/h1-3H;1-2H. The molecule has 8 heteroatoms. The summed E-state index contributed by atoms with van der Waals surface area (Å²) < 4.78 is 0. The first-order valence-corrected chi connectivity index (χ1v) is 6.96. The van der Waals surface area contributed by atoms with E-state index in [-0.39, 0.29) is 5.69 Å². The van der Waals surface area contributed by atoms with Crippen LogP contribution in [0.4, 0.5) is 11.4 Å². The Labute approximate surface area is 146 Å². The van der Waals surface area contributed by atoms with Crippen molar-refractivity contribution in [1.29, 1.82) is 0 Å². The molecule has 0 amide bonds. The fraction of sp³-hybridized carbons (Fsp3) is 0. The number of hydrogen-bond donors (Lipinski definition) is 0. The minimum absolute atomic E-state index is 0.289. The van der Waals surface area contributed by atoms with E-state index in [0.29, 0.717) is 25.8 Å². The molecule has 0 heterocycles. The van der Waals surface area contributed by atoms with E-state index in [1.807, 2.05) is 0 Å². The second kappa shape index (κ2) is 9.39. The number of halogens is 4. The van der Waals surface area contributed by atoms with Crippen molar-refractivity contribution < 1.29 is 9.59 Å². The summed E-state index contributed by atoms with van der Waals surface area (Å²) in [5.41, 5.74) is 0.704. The molecular weight excluding hydrogens is 370 g/mol. The van der Waals surface area contributed by atoms with Gasteiger partial charge in [-0.2, -0.15) is 9.98 Å². The van der Waals surface area contributed by atoms with E-state index < -0.39 is 0 Å². The zero-order chi connectivity index (χ0) is 16.5. The van der Waals surface area contributed by atoms with Crippen molar-refractivity contribution in [2.24, 2.45) is 9.98 Å². The van der Waals surface area contributed by atoms with Gasteiger partial charge in [0, 0.05) is 21.1 Å². The highest BCUT2D eigenvalue weighted by atomic mass is 35.5. The molecule has 0 saturated carbocycles. The predicted octanol–water partition coefficient (Wildman–Crippen LogP) is 5.72. The smallest absolute Gasteiger partial charge is 0.211 e. The van der Waals surface area contributed by atoms with E-state index >= 15 is 0 Å². The topological polar surface area (TPSA) is 58.9 Å². The average Bonchev–Trinajstić information content (AvgIpc) is 2.37. The fourth-order valence-corrected chi connectivity index (χ4v) is 2.25. The van der Waals surface area contributed by atoms with Crippen LogP contribution in [0.5, 0.6) is 0 Å². The van der Waals surface area contributed by atoms with Crippen LogP contribution in [0, 0.1) is 6.07 Å². The molecular formula is C14H5Cl4N2O2. The molecule has 0 bridgehead atoms. The first-order chi connectivity index (χ1) is 10.4. The molecule has 0 aliphatic rings. The van der Waals surface area contributed by atoms with Crippen molar-refractivity contribution in [1.82, 2.24) is 0 Å². The lowest BCUT2D eigenvalue weighted by atomic mass is 10.3. The Morgan fingerprint density at radius 1 is 0.773 bits per heavy atom. The van der Waals surface area contributed by atoms with Crippen LogP contribution in [0.2, 0.25) is 20.1 Å². The predicted molar refractivity (Wildman–Crippen MR) is 87.3 cm³/mol. The molecule has 0 fully saturated rings.